The van der Waals surface area contributed by atoms with E-state index in [2.05, 4.69) is 25.4 Å². The average molecular weight is 361 g/mol. The second-order valence-electron chi connectivity index (χ2n) is 7.15. The highest BCUT2D eigenvalue weighted by Crippen LogP contribution is 2.40. The van der Waals surface area contributed by atoms with Gasteiger partial charge in [-0.05, 0) is 44.9 Å². The van der Waals surface area contributed by atoms with E-state index in [1.54, 1.807) is 0 Å². The van der Waals surface area contributed by atoms with E-state index in [1.807, 2.05) is 44.2 Å². The number of H-pyrrole nitrogens is 1. The molecule has 2 N–H and O–H groups in total. The van der Waals surface area contributed by atoms with Gasteiger partial charge in [-0.25, -0.2) is 9.97 Å². The van der Waals surface area contributed by atoms with Crippen LogP contribution in [0.25, 0.3) is 22.1 Å². The van der Waals surface area contributed by atoms with Crippen molar-refractivity contribution < 1.29 is 9.32 Å². The van der Waals surface area contributed by atoms with E-state index in [0.29, 0.717) is 28.3 Å². The van der Waals surface area contributed by atoms with Crippen LogP contribution in [-0.4, -0.2) is 26.0 Å². The fourth-order valence-electron chi connectivity index (χ4n) is 3.40. The van der Waals surface area contributed by atoms with Crippen LogP contribution in [-0.2, 0) is 0 Å². The fraction of sp³-hybridized carbons (Fsp3) is 0.300. The second kappa shape index (κ2) is 5.90. The maximum atomic E-state index is 13.1. The number of nitrogens with zero attached hydrogens (tertiary/aromatic N) is 3. The Labute approximate surface area is 155 Å². The van der Waals surface area contributed by atoms with Crippen LogP contribution in [0.2, 0.25) is 0 Å². The predicted octanol–water partition coefficient (Wildman–Crippen LogP) is 3.78. The van der Waals surface area contributed by atoms with Gasteiger partial charge in [-0.3, -0.25) is 4.79 Å². The molecule has 7 nitrogen and oxygen atoms in total. The normalized spacial score (nSPS) is 15.3. The van der Waals surface area contributed by atoms with Gasteiger partial charge in [0.1, 0.15) is 5.82 Å². The first-order chi connectivity index (χ1) is 13.1. The number of carbonyl (C=O) groups is 1. The van der Waals surface area contributed by atoms with E-state index < -0.39 is 0 Å². The molecular weight excluding hydrogens is 342 g/mol. The van der Waals surface area contributed by atoms with E-state index in [9.17, 15) is 4.79 Å². The minimum Gasteiger partial charge on any atom is -0.342 e. The Morgan fingerprint density at radius 3 is 2.89 bits per heavy atom. The van der Waals surface area contributed by atoms with Crippen molar-refractivity contribution in [3.05, 3.63) is 53.1 Å². The molecule has 0 bridgehead atoms. The van der Waals surface area contributed by atoms with Crippen LogP contribution < -0.4 is 5.32 Å². The van der Waals surface area contributed by atoms with Gasteiger partial charge in [0.05, 0.1) is 33.7 Å². The molecule has 3 heterocycles. The van der Waals surface area contributed by atoms with Crippen molar-refractivity contribution in [3.8, 4) is 0 Å². The van der Waals surface area contributed by atoms with Gasteiger partial charge in [-0.2, -0.15) is 0 Å². The number of aryl methyl sites for hydroxylation is 1. The Balaban J connectivity index is 1.49. The number of amides is 1. The highest BCUT2D eigenvalue weighted by Gasteiger charge is 2.29. The summed E-state index contributed by atoms with van der Waals surface area (Å²) < 4.78 is 5.33. The molecule has 1 amide bonds. The number of hydrogen-bond donors (Lipinski definition) is 2. The molecule has 1 atom stereocenters. The molecule has 27 heavy (non-hydrogen) atoms. The summed E-state index contributed by atoms with van der Waals surface area (Å²) in [5.74, 6) is 0.960. The number of benzene rings is 1. The van der Waals surface area contributed by atoms with Crippen LogP contribution in [0, 0.1) is 6.92 Å². The van der Waals surface area contributed by atoms with Gasteiger partial charge >= 0.3 is 0 Å². The zero-order chi connectivity index (χ0) is 18.5. The number of aromatic amines is 1. The van der Waals surface area contributed by atoms with Crippen molar-refractivity contribution in [1.82, 2.24) is 25.4 Å². The van der Waals surface area contributed by atoms with Gasteiger partial charge in [0.15, 0.2) is 0 Å². The van der Waals surface area contributed by atoms with Crippen molar-refractivity contribution in [2.75, 3.05) is 0 Å². The first kappa shape index (κ1) is 16.0. The highest BCUT2D eigenvalue weighted by atomic mass is 16.5. The van der Waals surface area contributed by atoms with E-state index in [0.717, 1.165) is 35.4 Å². The predicted molar refractivity (Wildman–Crippen MR) is 100 cm³/mol. The molecule has 0 unspecified atom stereocenters. The topological polar surface area (TPSA) is 96.7 Å². The number of nitrogens with one attached hydrogen (secondary N) is 2. The van der Waals surface area contributed by atoms with Crippen LogP contribution in [0.3, 0.4) is 0 Å². The third-order valence-corrected chi connectivity index (χ3v) is 5.04. The summed E-state index contributed by atoms with van der Waals surface area (Å²) in [6.45, 7) is 3.74. The summed E-state index contributed by atoms with van der Waals surface area (Å²) in [5, 5.41) is 7.70. The summed E-state index contributed by atoms with van der Waals surface area (Å²) in [6.07, 6.45) is 2.20. The van der Waals surface area contributed by atoms with E-state index in [1.165, 1.54) is 0 Å². The monoisotopic (exact) mass is 361 g/mol. The first-order valence-corrected chi connectivity index (χ1v) is 9.12. The molecular formula is C20H19N5O2. The zero-order valence-electron chi connectivity index (χ0n) is 15.1. The molecule has 1 saturated carbocycles. The van der Waals surface area contributed by atoms with Gasteiger partial charge in [-0.1, -0.05) is 17.3 Å². The van der Waals surface area contributed by atoms with Gasteiger partial charge < -0.3 is 14.8 Å². The molecule has 136 valence electrons. The highest BCUT2D eigenvalue weighted by molar-refractivity contribution is 6.06. The van der Waals surface area contributed by atoms with Crippen LogP contribution in [0.15, 0.2) is 34.9 Å². The summed E-state index contributed by atoms with van der Waals surface area (Å²) in [7, 11) is 0. The third kappa shape index (κ3) is 2.75. The lowest BCUT2D eigenvalue weighted by Gasteiger charge is -2.12. The number of aromatic nitrogens is 4. The van der Waals surface area contributed by atoms with Gasteiger partial charge in [0.25, 0.3) is 11.6 Å². The molecule has 1 aromatic carbocycles. The van der Waals surface area contributed by atoms with E-state index >= 15 is 0 Å². The Hall–Kier alpha value is -3.22. The number of para-hydroxylation sites is 2. The molecule has 0 spiro atoms. The lowest BCUT2D eigenvalue weighted by Crippen LogP contribution is -2.27. The Bertz CT molecular complexity index is 1140. The number of imidazole rings is 1. The molecule has 1 fully saturated rings. The molecule has 1 aliphatic carbocycles. The SMILES string of the molecule is Cc1noc2nc(C3CC3)cc(C(=O)N[C@@H](C)c3nc4ccccc4[nH]3)c12. The van der Waals surface area contributed by atoms with Gasteiger partial charge in [0.2, 0.25) is 0 Å². The lowest BCUT2D eigenvalue weighted by molar-refractivity contribution is 0.0940. The number of rotatable bonds is 4. The molecule has 7 heteroatoms. The molecule has 1 aliphatic rings. The average Bonchev–Trinajstić information content (AvgIpc) is 3.32. The quantitative estimate of drug-likeness (QED) is 0.577. The molecule has 3 aromatic heterocycles. The van der Waals surface area contributed by atoms with E-state index in [4.69, 9.17) is 4.52 Å². The van der Waals surface area contributed by atoms with Crippen LogP contribution >= 0.6 is 0 Å². The Kier molecular flexibility index (Phi) is 3.50. The second-order valence-corrected chi connectivity index (χ2v) is 7.15. The van der Waals surface area contributed by atoms with Crippen molar-refractivity contribution in [2.24, 2.45) is 0 Å². The van der Waals surface area contributed by atoms with E-state index in [-0.39, 0.29) is 11.9 Å². The summed E-state index contributed by atoms with van der Waals surface area (Å²) in [6, 6.07) is 9.42. The van der Waals surface area contributed by atoms with Crippen molar-refractivity contribution in [3.63, 3.8) is 0 Å². The largest absolute Gasteiger partial charge is 0.342 e. The zero-order valence-corrected chi connectivity index (χ0v) is 15.1. The number of fused-ring (bicyclic) bond motifs is 2. The summed E-state index contributed by atoms with van der Waals surface area (Å²) in [5.41, 5.74) is 4.39. The molecule has 0 radical (unpaired) electrons. The number of carbonyl (C=O) groups excluding carboxylic acids is 1. The lowest BCUT2D eigenvalue weighted by atomic mass is 10.1. The minimum absolute atomic E-state index is 0.177. The Morgan fingerprint density at radius 1 is 1.30 bits per heavy atom. The molecule has 0 saturated heterocycles. The van der Waals surface area contributed by atoms with Crippen molar-refractivity contribution >= 4 is 28.0 Å². The minimum atomic E-state index is -0.266. The number of pyridine rings is 1. The van der Waals surface area contributed by atoms with Crippen molar-refractivity contribution in [2.45, 2.75) is 38.6 Å². The summed E-state index contributed by atoms with van der Waals surface area (Å²) in [4.78, 5) is 25.4. The van der Waals surface area contributed by atoms with Crippen LogP contribution in [0.4, 0.5) is 0 Å². The maximum Gasteiger partial charge on any atom is 0.259 e. The maximum absolute atomic E-state index is 13.1. The molecule has 4 aromatic rings. The Morgan fingerprint density at radius 2 is 2.11 bits per heavy atom. The summed E-state index contributed by atoms with van der Waals surface area (Å²) >= 11 is 0. The first-order valence-electron chi connectivity index (χ1n) is 9.12. The van der Waals surface area contributed by atoms with Crippen LogP contribution in [0.1, 0.15) is 59.3 Å². The third-order valence-electron chi connectivity index (χ3n) is 5.04. The molecule has 5 rings (SSSR count). The van der Waals surface area contributed by atoms with Crippen molar-refractivity contribution in [1.29, 1.82) is 0 Å². The fourth-order valence-corrected chi connectivity index (χ4v) is 3.40. The van der Waals surface area contributed by atoms with Gasteiger partial charge in [0, 0.05) is 11.6 Å². The van der Waals surface area contributed by atoms with Gasteiger partial charge in [-0.15, -0.1) is 0 Å². The number of hydrogen-bond acceptors (Lipinski definition) is 5. The standard InChI is InChI=1S/C20H19N5O2/c1-10-17-13(9-16(12-7-8-12)24-20(17)27-25-10)19(26)21-11(2)18-22-14-5-3-4-6-15(14)23-18/h3-6,9,11-12H,7-8H2,1-2H3,(H,21,26)(H,22,23)/t11-/m0/s1. The van der Waals surface area contributed by atoms with Crippen LogP contribution in [0.5, 0.6) is 0 Å². The molecule has 0 aliphatic heterocycles. The smallest absolute Gasteiger partial charge is 0.259 e.